The third-order valence-electron chi connectivity index (χ3n) is 4.75. The summed E-state index contributed by atoms with van der Waals surface area (Å²) in [6.07, 6.45) is 2.50. The van der Waals surface area contributed by atoms with Crippen molar-refractivity contribution >= 4 is 29.0 Å². The summed E-state index contributed by atoms with van der Waals surface area (Å²) in [6, 6.07) is 18.3. The van der Waals surface area contributed by atoms with E-state index in [1.54, 1.807) is 18.0 Å². The first-order valence-corrected chi connectivity index (χ1v) is 10.8. The SMILES string of the molecule is CC(=O)Nc1ccc(Sc2ccnc(Cc3ccc(N4CCOCC4)cc3)n2)cc1. The summed E-state index contributed by atoms with van der Waals surface area (Å²) in [5.41, 5.74) is 3.21. The summed E-state index contributed by atoms with van der Waals surface area (Å²) >= 11 is 1.58. The van der Waals surface area contributed by atoms with Crippen LogP contribution in [0.3, 0.4) is 0 Å². The average Bonchev–Trinajstić information content (AvgIpc) is 2.76. The molecule has 154 valence electrons. The minimum absolute atomic E-state index is 0.0752. The Balaban J connectivity index is 1.39. The van der Waals surface area contributed by atoms with Crippen LogP contribution in [-0.2, 0) is 16.0 Å². The van der Waals surface area contributed by atoms with Gasteiger partial charge >= 0.3 is 0 Å². The third kappa shape index (κ3) is 5.58. The fourth-order valence-electron chi connectivity index (χ4n) is 3.28. The second kappa shape index (κ2) is 9.73. The summed E-state index contributed by atoms with van der Waals surface area (Å²) < 4.78 is 5.42. The van der Waals surface area contributed by atoms with E-state index in [0.29, 0.717) is 6.42 Å². The number of nitrogens with zero attached hydrogens (tertiary/aromatic N) is 3. The summed E-state index contributed by atoms with van der Waals surface area (Å²) in [5, 5.41) is 3.67. The second-order valence-electron chi connectivity index (χ2n) is 7.06. The molecule has 1 fully saturated rings. The molecule has 1 amide bonds. The number of anilines is 2. The van der Waals surface area contributed by atoms with Gasteiger partial charge in [0.1, 0.15) is 10.9 Å². The van der Waals surface area contributed by atoms with Gasteiger partial charge in [-0.1, -0.05) is 23.9 Å². The number of ether oxygens (including phenoxy) is 1. The van der Waals surface area contributed by atoms with E-state index < -0.39 is 0 Å². The van der Waals surface area contributed by atoms with E-state index in [0.717, 1.165) is 47.7 Å². The van der Waals surface area contributed by atoms with Crippen molar-refractivity contribution in [3.8, 4) is 0 Å². The fraction of sp³-hybridized carbons (Fsp3) is 0.261. The highest BCUT2D eigenvalue weighted by Gasteiger charge is 2.11. The van der Waals surface area contributed by atoms with Crippen LogP contribution in [0.5, 0.6) is 0 Å². The third-order valence-corrected chi connectivity index (χ3v) is 5.70. The van der Waals surface area contributed by atoms with Crippen LogP contribution in [0.4, 0.5) is 11.4 Å². The predicted molar refractivity (Wildman–Crippen MR) is 119 cm³/mol. The van der Waals surface area contributed by atoms with Crippen LogP contribution in [0.25, 0.3) is 0 Å². The molecule has 7 heteroatoms. The van der Waals surface area contributed by atoms with Crippen molar-refractivity contribution < 1.29 is 9.53 Å². The van der Waals surface area contributed by atoms with Crippen molar-refractivity contribution in [1.29, 1.82) is 0 Å². The van der Waals surface area contributed by atoms with Crippen LogP contribution >= 0.6 is 11.8 Å². The first-order chi connectivity index (χ1) is 14.7. The molecule has 0 aliphatic carbocycles. The van der Waals surface area contributed by atoms with Gasteiger partial charge in [-0.25, -0.2) is 9.97 Å². The molecule has 0 bridgehead atoms. The van der Waals surface area contributed by atoms with Crippen molar-refractivity contribution in [2.45, 2.75) is 23.3 Å². The predicted octanol–water partition coefficient (Wildman–Crippen LogP) is 4.01. The molecule has 6 nitrogen and oxygen atoms in total. The maximum atomic E-state index is 11.1. The number of benzene rings is 2. The lowest BCUT2D eigenvalue weighted by molar-refractivity contribution is -0.114. The first kappa shape index (κ1) is 20.4. The Hall–Kier alpha value is -2.90. The van der Waals surface area contributed by atoms with Crippen LogP contribution < -0.4 is 10.2 Å². The standard InChI is InChI=1S/C23H24N4O2S/c1-17(28)25-19-4-8-21(9-5-19)30-23-10-11-24-22(26-23)16-18-2-6-20(7-3-18)27-12-14-29-15-13-27/h2-11H,12-16H2,1H3,(H,25,28). The molecule has 0 saturated carbocycles. The smallest absolute Gasteiger partial charge is 0.221 e. The number of rotatable bonds is 6. The van der Waals surface area contributed by atoms with Crippen LogP contribution in [0.1, 0.15) is 18.3 Å². The largest absolute Gasteiger partial charge is 0.378 e. The molecule has 3 aromatic rings. The maximum absolute atomic E-state index is 11.1. The monoisotopic (exact) mass is 420 g/mol. The maximum Gasteiger partial charge on any atom is 0.221 e. The summed E-state index contributed by atoms with van der Waals surface area (Å²) in [6.45, 7) is 4.95. The minimum atomic E-state index is -0.0752. The van der Waals surface area contributed by atoms with Gasteiger partial charge in [0, 0.05) is 48.9 Å². The van der Waals surface area contributed by atoms with Gasteiger partial charge in [0.05, 0.1) is 13.2 Å². The van der Waals surface area contributed by atoms with Crippen molar-refractivity contribution in [2.75, 3.05) is 36.5 Å². The van der Waals surface area contributed by atoms with Crippen LogP contribution in [0.15, 0.2) is 70.7 Å². The molecular formula is C23H24N4O2S. The van der Waals surface area contributed by atoms with Gasteiger partial charge < -0.3 is 15.0 Å². The van der Waals surface area contributed by atoms with E-state index in [1.807, 2.05) is 30.3 Å². The Morgan fingerprint density at radius 1 is 1.07 bits per heavy atom. The van der Waals surface area contributed by atoms with E-state index in [2.05, 4.69) is 39.5 Å². The van der Waals surface area contributed by atoms with Crippen LogP contribution in [0.2, 0.25) is 0 Å². The lowest BCUT2D eigenvalue weighted by Gasteiger charge is -2.28. The Morgan fingerprint density at radius 2 is 1.80 bits per heavy atom. The van der Waals surface area contributed by atoms with Gasteiger partial charge in [-0.05, 0) is 48.0 Å². The highest BCUT2D eigenvalue weighted by Crippen LogP contribution is 2.27. The van der Waals surface area contributed by atoms with E-state index in [9.17, 15) is 4.79 Å². The number of carbonyl (C=O) groups excluding carboxylic acids is 1. The first-order valence-electron chi connectivity index (χ1n) is 9.95. The van der Waals surface area contributed by atoms with Gasteiger partial charge in [0.15, 0.2) is 0 Å². The molecule has 1 aliphatic rings. The van der Waals surface area contributed by atoms with Crippen molar-refractivity contribution in [1.82, 2.24) is 9.97 Å². The Kier molecular flexibility index (Phi) is 6.61. The van der Waals surface area contributed by atoms with Gasteiger partial charge in [-0.2, -0.15) is 0 Å². The Bertz CT molecular complexity index is 987. The number of aromatic nitrogens is 2. The molecule has 2 aromatic carbocycles. The van der Waals surface area contributed by atoms with Gasteiger partial charge in [0.2, 0.25) is 5.91 Å². The molecule has 1 saturated heterocycles. The van der Waals surface area contributed by atoms with Crippen LogP contribution in [0, 0.1) is 0 Å². The van der Waals surface area contributed by atoms with E-state index in [1.165, 1.54) is 18.2 Å². The van der Waals surface area contributed by atoms with Gasteiger partial charge in [-0.15, -0.1) is 0 Å². The minimum Gasteiger partial charge on any atom is -0.378 e. The average molecular weight is 421 g/mol. The normalized spacial score (nSPS) is 13.8. The van der Waals surface area contributed by atoms with Gasteiger partial charge in [-0.3, -0.25) is 4.79 Å². The van der Waals surface area contributed by atoms with Crippen molar-refractivity contribution in [3.05, 3.63) is 72.2 Å². The number of nitrogens with one attached hydrogen (secondary N) is 1. The highest BCUT2D eigenvalue weighted by molar-refractivity contribution is 7.99. The Labute approximate surface area is 180 Å². The molecule has 0 atom stereocenters. The number of morpholine rings is 1. The van der Waals surface area contributed by atoms with E-state index in [-0.39, 0.29) is 5.91 Å². The molecular weight excluding hydrogens is 396 g/mol. The number of amides is 1. The molecule has 30 heavy (non-hydrogen) atoms. The van der Waals surface area contributed by atoms with Crippen LogP contribution in [-0.4, -0.2) is 42.2 Å². The molecule has 1 aromatic heterocycles. The molecule has 4 rings (SSSR count). The zero-order chi connectivity index (χ0) is 20.8. The molecule has 0 unspecified atom stereocenters. The lowest BCUT2D eigenvalue weighted by Crippen LogP contribution is -2.36. The van der Waals surface area contributed by atoms with Gasteiger partial charge in [0.25, 0.3) is 0 Å². The summed E-state index contributed by atoms with van der Waals surface area (Å²) in [4.78, 5) is 23.7. The molecule has 2 heterocycles. The van der Waals surface area contributed by atoms with E-state index in [4.69, 9.17) is 9.72 Å². The highest BCUT2D eigenvalue weighted by atomic mass is 32.2. The van der Waals surface area contributed by atoms with E-state index >= 15 is 0 Å². The number of carbonyl (C=O) groups is 1. The molecule has 1 N–H and O–H groups in total. The fourth-order valence-corrected chi connectivity index (χ4v) is 4.08. The Morgan fingerprint density at radius 3 is 2.50 bits per heavy atom. The zero-order valence-electron chi connectivity index (χ0n) is 16.9. The molecule has 0 spiro atoms. The second-order valence-corrected chi connectivity index (χ2v) is 8.16. The lowest BCUT2D eigenvalue weighted by atomic mass is 10.1. The van der Waals surface area contributed by atoms with Crippen molar-refractivity contribution in [3.63, 3.8) is 0 Å². The zero-order valence-corrected chi connectivity index (χ0v) is 17.7. The molecule has 0 radical (unpaired) electrons. The topological polar surface area (TPSA) is 67.4 Å². The number of hydrogen-bond acceptors (Lipinski definition) is 6. The quantitative estimate of drug-likeness (QED) is 0.608. The summed E-state index contributed by atoms with van der Waals surface area (Å²) in [7, 11) is 0. The van der Waals surface area contributed by atoms with Crippen molar-refractivity contribution in [2.24, 2.45) is 0 Å². The summed E-state index contributed by atoms with van der Waals surface area (Å²) in [5.74, 6) is 0.725. The molecule has 1 aliphatic heterocycles. The number of hydrogen-bond donors (Lipinski definition) is 1.